The molecule has 0 bridgehead atoms. The molecule has 0 unspecified atom stereocenters. The van der Waals surface area contributed by atoms with E-state index in [1.807, 2.05) is 21.6 Å². The van der Waals surface area contributed by atoms with Crippen LogP contribution < -0.4 is 0 Å². The summed E-state index contributed by atoms with van der Waals surface area (Å²) in [5.41, 5.74) is 0. The van der Waals surface area contributed by atoms with Crippen LogP contribution in [-0.2, 0) is 4.79 Å². The largest absolute Gasteiger partial charge is 0.481 e. The molecule has 0 fully saturated rings. The number of carbonyl (C=O) groups is 1. The Hall–Kier alpha value is 0.170. The van der Waals surface area contributed by atoms with Gasteiger partial charge in [0, 0.05) is 18.4 Å². The molecule has 0 heterocycles. The minimum Gasteiger partial charge on any atom is -0.481 e. The lowest BCUT2D eigenvalue weighted by molar-refractivity contribution is -0.134. The lowest BCUT2D eigenvalue weighted by Crippen LogP contribution is -1.78. The van der Waals surface area contributed by atoms with Crippen molar-refractivity contribution in [3.05, 3.63) is 0 Å². The van der Waals surface area contributed by atoms with E-state index >= 15 is 0 Å². The van der Waals surface area contributed by atoms with Crippen LogP contribution in [-0.4, -0.2) is 22.6 Å². The number of carboxylic acid groups (broad SMARTS) is 1. The van der Waals surface area contributed by atoms with Crippen molar-refractivity contribution in [2.45, 2.75) is 20.8 Å². The molecule has 0 aromatic carbocycles. The maximum absolute atomic E-state index is 9.00. The van der Waals surface area contributed by atoms with Crippen LogP contribution in [0.25, 0.3) is 0 Å². The molecular formula is C6H14O2S2. The summed E-state index contributed by atoms with van der Waals surface area (Å²) in [7, 11) is 3.85. The zero-order chi connectivity index (χ0) is 8.41. The number of rotatable bonds is 3. The van der Waals surface area contributed by atoms with Gasteiger partial charge in [-0.05, 0) is 0 Å². The van der Waals surface area contributed by atoms with Crippen LogP contribution >= 0.6 is 21.6 Å². The van der Waals surface area contributed by atoms with Crippen LogP contribution in [0.5, 0.6) is 0 Å². The Balaban J connectivity index is 0. The summed E-state index contributed by atoms with van der Waals surface area (Å²) >= 11 is 0. The Kier molecular flexibility index (Phi) is 15.3. The topological polar surface area (TPSA) is 37.3 Å². The van der Waals surface area contributed by atoms with Crippen molar-refractivity contribution < 1.29 is 9.90 Å². The van der Waals surface area contributed by atoms with E-state index in [0.717, 1.165) is 6.92 Å². The second kappa shape index (κ2) is 11.9. The van der Waals surface area contributed by atoms with Crippen LogP contribution in [0.2, 0.25) is 0 Å². The summed E-state index contributed by atoms with van der Waals surface area (Å²) in [6.07, 6.45) is 0. The smallest absolute Gasteiger partial charge is 0.300 e. The fourth-order valence-corrected chi connectivity index (χ4v) is 1.50. The molecule has 0 aromatic heterocycles. The van der Waals surface area contributed by atoms with Gasteiger partial charge in [-0.2, -0.15) is 0 Å². The van der Waals surface area contributed by atoms with Crippen LogP contribution in [0.3, 0.4) is 0 Å². The van der Waals surface area contributed by atoms with Gasteiger partial charge in [0.25, 0.3) is 5.97 Å². The van der Waals surface area contributed by atoms with Crippen LogP contribution in [0.15, 0.2) is 0 Å². The lowest BCUT2D eigenvalue weighted by atomic mass is 10.9. The summed E-state index contributed by atoms with van der Waals surface area (Å²) in [6.45, 7) is 5.43. The molecule has 0 aliphatic rings. The van der Waals surface area contributed by atoms with Gasteiger partial charge in [-0.1, -0.05) is 35.4 Å². The third-order valence-corrected chi connectivity index (χ3v) is 2.87. The van der Waals surface area contributed by atoms with E-state index < -0.39 is 5.97 Å². The molecule has 0 spiro atoms. The first kappa shape index (κ1) is 12.8. The van der Waals surface area contributed by atoms with E-state index in [9.17, 15) is 0 Å². The van der Waals surface area contributed by atoms with Crippen molar-refractivity contribution >= 4 is 27.6 Å². The molecule has 0 rings (SSSR count). The maximum atomic E-state index is 9.00. The van der Waals surface area contributed by atoms with E-state index in [1.165, 1.54) is 11.5 Å². The van der Waals surface area contributed by atoms with Crippen LogP contribution in [0.4, 0.5) is 0 Å². The zero-order valence-corrected chi connectivity index (χ0v) is 8.22. The molecule has 0 amide bonds. The summed E-state index contributed by atoms with van der Waals surface area (Å²) in [4.78, 5) is 9.00. The Bertz CT molecular complexity index is 68.1. The van der Waals surface area contributed by atoms with Gasteiger partial charge in [0.15, 0.2) is 0 Å². The average Bonchev–Trinajstić information content (AvgIpc) is 1.82. The van der Waals surface area contributed by atoms with Gasteiger partial charge in [-0.3, -0.25) is 4.79 Å². The number of hydrogen-bond acceptors (Lipinski definition) is 3. The third-order valence-electron chi connectivity index (χ3n) is 0.319. The lowest BCUT2D eigenvalue weighted by Gasteiger charge is -1.86. The molecule has 2 nitrogen and oxygen atoms in total. The van der Waals surface area contributed by atoms with E-state index in [1.54, 1.807) is 0 Å². The van der Waals surface area contributed by atoms with E-state index in [4.69, 9.17) is 9.90 Å². The molecule has 0 radical (unpaired) electrons. The predicted octanol–water partition coefficient (Wildman–Crippen LogP) is 2.50. The van der Waals surface area contributed by atoms with Crippen molar-refractivity contribution in [1.82, 2.24) is 0 Å². The van der Waals surface area contributed by atoms with Gasteiger partial charge < -0.3 is 5.11 Å². The van der Waals surface area contributed by atoms with E-state index in [0.29, 0.717) is 0 Å². The predicted molar refractivity (Wildman–Crippen MR) is 49.6 cm³/mol. The summed E-state index contributed by atoms with van der Waals surface area (Å²) in [6, 6.07) is 0. The minimum absolute atomic E-state index is 0.833. The Labute approximate surface area is 70.2 Å². The third kappa shape index (κ3) is 41.8. The van der Waals surface area contributed by atoms with E-state index in [2.05, 4.69) is 13.8 Å². The van der Waals surface area contributed by atoms with Gasteiger partial charge in [0.1, 0.15) is 0 Å². The van der Waals surface area contributed by atoms with Crippen molar-refractivity contribution in [2.24, 2.45) is 0 Å². The highest BCUT2D eigenvalue weighted by Crippen LogP contribution is 2.18. The standard InChI is InChI=1S/C4H10S2.C2H4O2/c1-3-5-6-4-2;1-2(3)4/h3-4H2,1-2H3;1H3,(H,3,4). The number of carboxylic acids is 1. The Morgan fingerprint density at radius 3 is 1.60 bits per heavy atom. The van der Waals surface area contributed by atoms with Gasteiger partial charge >= 0.3 is 0 Å². The summed E-state index contributed by atoms with van der Waals surface area (Å²) in [5.74, 6) is 1.64. The maximum Gasteiger partial charge on any atom is 0.300 e. The molecule has 0 saturated carbocycles. The van der Waals surface area contributed by atoms with E-state index in [-0.39, 0.29) is 0 Å². The Morgan fingerprint density at radius 2 is 1.50 bits per heavy atom. The first-order chi connectivity index (χ1) is 4.65. The molecule has 10 heavy (non-hydrogen) atoms. The van der Waals surface area contributed by atoms with Crippen LogP contribution in [0.1, 0.15) is 20.8 Å². The second-order valence-corrected chi connectivity index (χ2v) is 4.37. The van der Waals surface area contributed by atoms with Gasteiger partial charge in [-0.25, -0.2) is 0 Å². The highest BCUT2D eigenvalue weighted by atomic mass is 33.1. The fraction of sp³-hybridized carbons (Fsp3) is 0.833. The van der Waals surface area contributed by atoms with Crippen molar-refractivity contribution in [1.29, 1.82) is 0 Å². The molecule has 0 aliphatic carbocycles. The normalized spacial score (nSPS) is 7.90. The van der Waals surface area contributed by atoms with Gasteiger partial charge in [-0.15, -0.1) is 0 Å². The highest BCUT2D eigenvalue weighted by molar-refractivity contribution is 8.76. The molecule has 0 saturated heterocycles. The molecular weight excluding hydrogens is 168 g/mol. The summed E-state index contributed by atoms with van der Waals surface area (Å²) in [5, 5.41) is 7.42. The second-order valence-electron chi connectivity index (χ2n) is 1.33. The molecule has 4 heteroatoms. The quantitative estimate of drug-likeness (QED) is 0.537. The van der Waals surface area contributed by atoms with Crippen molar-refractivity contribution in [3.63, 3.8) is 0 Å². The SMILES string of the molecule is CC(=O)O.CCSSCC. The first-order valence-electron chi connectivity index (χ1n) is 3.09. The highest BCUT2D eigenvalue weighted by Gasteiger charge is 1.75. The molecule has 62 valence electrons. The zero-order valence-electron chi connectivity index (χ0n) is 6.59. The average molecular weight is 182 g/mol. The molecule has 0 aromatic rings. The number of aliphatic carboxylic acids is 1. The summed E-state index contributed by atoms with van der Waals surface area (Å²) < 4.78 is 0. The number of hydrogen-bond donors (Lipinski definition) is 1. The fourth-order valence-electron chi connectivity index (χ4n) is 0.167. The van der Waals surface area contributed by atoms with Crippen LogP contribution in [0, 0.1) is 0 Å². The van der Waals surface area contributed by atoms with Crippen molar-refractivity contribution in [3.8, 4) is 0 Å². The molecule has 0 aliphatic heterocycles. The molecule has 0 atom stereocenters. The van der Waals surface area contributed by atoms with Gasteiger partial charge in [0.2, 0.25) is 0 Å². The molecule has 1 N–H and O–H groups in total. The monoisotopic (exact) mass is 182 g/mol. The first-order valence-corrected chi connectivity index (χ1v) is 5.57. The Morgan fingerprint density at radius 1 is 1.30 bits per heavy atom. The van der Waals surface area contributed by atoms with Gasteiger partial charge in [0.05, 0.1) is 0 Å². The minimum atomic E-state index is -0.833. The van der Waals surface area contributed by atoms with Crippen molar-refractivity contribution in [2.75, 3.05) is 11.5 Å².